The Morgan fingerprint density at radius 3 is 2.54 bits per heavy atom. The molecule has 3 unspecified atom stereocenters. The molecule has 0 radical (unpaired) electrons. The third kappa shape index (κ3) is 9.98. The number of methoxy groups -OCH3 is 1. The van der Waals surface area contributed by atoms with E-state index in [0.717, 1.165) is 127 Å². The highest BCUT2D eigenvalue weighted by Gasteiger charge is 2.54. The third-order valence-corrected chi connectivity index (χ3v) is 17.4. The van der Waals surface area contributed by atoms with Crippen molar-refractivity contribution in [3.05, 3.63) is 89.1 Å². The number of benzene rings is 1. The zero-order valence-electron chi connectivity index (χ0n) is 45.1. The molecule has 6 aliphatic heterocycles. The van der Waals surface area contributed by atoms with Crippen LogP contribution in [0.4, 0.5) is 5.69 Å². The van der Waals surface area contributed by atoms with Crippen LogP contribution in [0.1, 0.15) is 144 Å². The lowest BCUT2D eigenvalue weighted by Gasteiger charge is -2.56. The number of pyridine rings is 2. The van der Waals surface area contributed by atoms with Crippen molar-refractivity contribution in [3.63, 3.8) is 0 Å². The number of aliphatic hydroxyl groups excluding tert-OH is 1. The topological polar surface area (TPSA) is 133 Å². The standard InChI is InChI=1S/C57H81N9O4.CH4O.2H2/c1-10-45(66-28-15-18-37(4)61-66)51(60-55(67)52-38(5)41-19-13-26-59-50(41)47-21-16-27-65(47)52)54(63-35-57(36-63)24-17-30-70-57)48-34-62(29-31-69-48)40-22-23-46-43(32-40)44(33-56(7,8)11-2)53(64(46)12-3)42-20-14-25-58-49(42)39(6)68-9;1-2;;/h10,13-14,19-20,22-23,25-26,32,37-39,47-48,51-52,54,61H,11-12,15-18,21,24,27-31,33-36H2,1-9H3,(H,60,67);2H,1H3;2*1H/b45-10+;;;/t37-,38?,39?,47-,48?,51-,52+,54-;;;/m1.../s1. The van der Waals surface area contributed by atoms with Gasteiger partial charge >= 0.3 is 0 Å². The van der Waals surface area contributed by atoms with Gasteiger partial charge in [-0.2, -0.15) is 0 Å². The molecule has 3 N–H and O–H groups in total. The smallest absolute Gasteiger partial charge is 0.238 e. The number of aliphatic hydroxyl groups is 1. The number of hydrazine groups is 1. The van der Waals surface area contributed by atoms with Gasteiger partial charge in [0.1, 0.15) is 0 Å². The minimum Gasteiger partial charge on any atom is -0.400 e. The first-order chi connectivity index (χ1) is 34.9. The fourth-order valence-electron chi connectivity index (χ4n) is 13.3. The first kappa shape index (κ1) is 52.5. The Balaban J connectivity index is 0.00000198. The normalized spacial score (nSPS) is 25.9. The molecular weight excluding hydrogens is 903 g/mol. The molecule has 4 aromatic rings. The maximum Gasteiger partial charge on any atom is 0.238 e. The first-order valence-corrected chi connectivity index (χ1v) is 27.4. The Labute approximate surface area is 432 Å². The van der Waals surface area contributed by atoms with Crippen molar-refractivity contribution < 1.29 is 27.0 Å². The lowest BCUT2D eigenvalue weighted by atomic mass is 9.81. The number of morpholine rings is 1. The van der Waals surface area contributed by atoms with Gasteiger partial charge in [-0.15, -0.1) is 0 Å². The SMILES string of the molecule is C/C=C(\[C@@H](NC(=O)[C@@H]1C(C)c2cccnc2[C@H]2CCCN21)[C@@H](C1CN(c2ccc3c(c2)c(CC(C)(C)CC)c(-c2cccnc2C(C)OC)n3CC)CCO1)N1CC2(CCCO2)C1)N1CCC[C@@H](C)N1.CO.[HH].[HH]. The molecule has 5 fully saturated rings. The summed E-state index contributed by atoms with van der Waals surface area (Å²) in [6.45, 7) is 25.2. The van der Waals surface area contributed by atoms with Gasteiger partial charge in [-0.1, -0.05) is 46.3 Å². The fraction of sp³-hybridized carbons (Fsp3) is 0.638. The Morgan fingerprint density at radius 2 is 1.82 bits per heavy atom. The van der Waals surface area contributed by atoms with E-state index in [9.17, 15) is 0 Å². The second kappa shape index (κ2) is 22.2. The van der Waals surface area contributed by atoms with Crippen molar-refractivity contribution in [2.24, 2.45) is 5.41 Å². The van der Waals surface area contributed by atoms with E-state index in [2.05, 4.69) is 133 Å². The van der Waals surface area contributed by atoms with Gasteiger partial charge < -0.3 is 39.1 Å². The van der Waals surface area contributed by atoms with Gasteiger partial charge in [0.15, 0.2) is 0 Å². The van der Waals surface area contributed by atoms with Gasteiger partial charge in [0.2, 0.25) is 5.91 Å². The van der Waals surface area contributed by atoms with Crippen LogP contribution in [0, 0.1) is 5.41 Å². The summed E-state index contributed by atoms with van der Waals surface area (Å²) in [6.07, 6.45) is 14.1. The van der Waals surface area contributed by atoms with Crippen LogP contribution in [0.5, 0.6) is 0 Å². The number of aryl methyl sites for hydroxylation is 1. The molecule has 72 heavy (non-hydrogen) atoms. The zero-order chi connectivity index (χ0) is 50.9. The summed E-state index contributed by atoms with van der Waals surface area (Å²) in [5.74, 6) is 0.0908. The van der Waals surface area contributed by atoms with Crippen LogP contribution in [-0.2, 0) is 32.0 Å². The molecular formula is C58H89N9O5. The lowest BCUT2D eigenvalue weighted by Crippen LogP contribution is -2.73. The molecule has 3 aromatic heterocycles. The number of fused-ring (bicyclic) bond motifs is 4. The second-order valence-electron chi connectivity index (χ2n) is 22.3. The monoisotopic (exact) mass is 992 g/mol. The summed E-state index contributed by atoms with van der Waals surface area (Å²) in [4.78, 5) is 33.0. The molecule has 1 spiro atoms. The summed E-state index contributed by atoms with van der Waals surface area (Å²) in [6, 6.07) is 15.3. The van der Waals surface area contributed by atoms with Gasteiger partial charge in [-0.25, -0.2) is 5.43 Å². The van der Waals surface area contributed by atoms with E-state index in [1.165, 1.54) is 33.4 Å². The van der Waals surface area contributed by atoms with Crippen molar-refractivity contribution in [2.75, 3.05) is 71.6 Å². The van der Waals surface area contributed by atoms with E-state index in [1.807, 2.05) is 18.5 Å². The van der Waals surface area contributed by atoms with Gasteiger partial charge in [-0.3, -0.25) is 24.6 Å². The highest BCUT2D eigenvalue weighted by molar-refractivity contribution is 5.94. The summed E-state index contributed by atoms with van der Waals surface area (Å²) < 4.78 is 22.1. The number of aromatic nitrogens is 3. The highest BCUT2D eigenvalue weighted by atomic mass is 16.5. The van der Waals surface area contributed by atoms with Crippen LogP contribution in [-0.4, -0.2) is 143 Å². The molecule has 8 atom stereocenters. The van der Waals surface area contributed by atoms with E-state index >= 15 is 4.79 Å². The van der Waals surface area contributed by atoms with Crippen LogP contribution >= 0.6 is 0 Å². The molecule has 1 aromatic carbocycles. The number of rotatable bonds is 15. The third-order valence-electron chi connectivity index (χ3n) is 17.4. The van der Waals surface area contributed by atoms with E-state index in [4.69, 9.17) is 29.3 Å². The largest absolute Gasteiger partial charge is 0.400 e. The van der Waals surface area contributed by atoms with Crippen LogP contribution in [0.25, 0.3) is 22.2 Å². The Hall–Kier alpha value is -4.41. The minimum atomic E-state index is -0.350. The van der Waals surface area contributed by atoms with Crippen molar-refractivity contribution in [3.8, 4) is 11.3 Å². The number of carbonyl (C=O) groups is 1. The first-order valence-electron chi connectivity index (χ1n) is 27.4. The molecule has 396 valence electrons. The van der Waals surface area contributed by atoms with Gasteiger partial charge in [0.25, 0.3) is 0 Å². The molecule has 10 rings (SSSR count). The van der Waals surface area contributed by atoms with Crippen molar-refractivity contribution in [2.45, 2.75) is 167 Å². The number of carbonyl (C=O) groups excluding carboxylic acids is 1. The maximum atomic E-state index is 15.6. The molecule has 0 saturated carbocycles. The quantitative estimate of drug-likeness (QED) is 0.105. The van der Waals surface area contributed by atoms with Gasteiger partial charge in [-0.05, 0) is 132 Å². The zero-order valence-corrected chi connectivity index (χ0v) is 45.1. The summed E-state index contributed by atoms with van der Waals surface area (Å²) in [5.41, 5.74) is 14.4. The van der Waals surface area contributed by atoms with Crippen LogP contribution in [0.3, 0.4) is 0 Å². The number of anilines is 1. The average Bonchev–Trinajstić information content (AvgIpc) is 4.16. The molecule has 5 saturated heterocycles. The van der Waals surface area contributed by atoms with Gasteiger partial charge in [0.05, 0.1) is 65.7 Å². The number of nitrogens with zero attached hydrogens (tertiary/aromatic N) is 7. The summed E-state index contributed by atoms with van der Waals surface area (Å²) >= 11 is 0. The number of ether oxygens (including phenoxy) is 3. The maximum absolute atomic E-state index is 15.6. The van der Waals surface area contributed by atoms with E-state index in [1.54, 1.807) is 7.11 Å². The number of hydrogen-bond donors (Lipinski definition) is 3. The molecule has 1 amide bonds. The number of allylic oxidation sites excluding steroid dienone is 1. The molecule has 0 aliphatic carbocycles. The predicted octanol–water partition coefficient (Wildman–Crippen LogP) is 9.04. The number of nitrogens with one attached hydrogen (secondary N) is 2. The molecule has 14 nitrogen and oxygen atoms in total. The second-order valence-corrected chi connectivity index (χ2v) is 22.3. The lowest BCUT2D eigenvalue weighted by molar-refractivity contribution is -0.156. The Kier molecular flexibility index (Phi) is 16.2. The van der Waals surface area contributed by atoms with Crippen LogP contribution in [0.15, 0.2) is 66.6 Å². The number of hydrogen-bond acceptors (Lipinski definition) is 12. The van der Waals surface area contributed by atoms with Crippen molar-refractivity contribution in [1.82, 2.24) is 40.1 Å². The van der Waals surface area contributed by atoms with Crippen molar-refractivity contribution in [1.29, 1.82) is 0 Å². The van der Waals surface area contributed by atoms with E-state index < -0.39 is 0 Å². The molecule has 14 heteroatoms. The fourth-order valence-corrected chi connectivity index (χ4v) is 13.3. The number of amides is 1. The summed E-state index contributed by atoms with van der Waals surface area (Å²) in [7, 11) is 2.77. The van der Waals surface area contributed by atoms with Gasteiger partial charge in [0, 0.05) is 115 Å². The Bertz CT molecular complexity index is 2540. The summed E-state index contributed by atoms with van der Waals surface area (Å²) in [5, 5.41) is 14.5. The predicted molar refractivity (Wildman–Crippen MR) is 291 cm³/mol. The highest BCUT2D eigenvalue weighted by Crippen LogP contribution is 2.46. The molecule has 0 bridgehead atoms. The van der Waals surface area contributed by atoms with E-state index in [-0.39, 0.29) is 62.1 Å². The Morgan fingerprint density at radius 1 is 1.04 bits per heavy atom. The van der Waals surface area contributed by atoms with Crippen LogP contribution < -0.4 is 15.6 Å². The minimum absolute atomic E-state index is 0. The molecule has 6 aliphatic rings. The van der Waals surface area contributed by atoms with Crippen LogP contribution in [0.2, 0.25) is 0 Å². The average molecular weight is 992 g/mol. The van der Waals surface area contributed by atoms with Crippen molar-refractivity contribution >= 4 is 22.5 Å². The van der Waals surface area contributed by atoms with E-state index in [0.29, 0.717) is 19.2 Å². The molecule has 9 heterocycles. The number of likely N-dealkylation sites (tertiary alicyclic amines) is 1.